The van der Waals surface area contributed by atoms with Crippen LogP contribution in [0, 0.1) is 15.9 Å². The molecule has 2 aromatic rings. The van der Waals surface area contributed by atoms with Crippen LogP contribution in [0.4, 0.5) is 10.1 Å². The molecule has 0 fully saturated rings. The molecule has 0 aliphatic rings. The summed E-state index contributed by atoms with van der Waals surface area (Å²) in [5.41, 5.74) is 0.392. The fourth-order valence-corrected chi connectivity index (χ4v) is 2.37. The van der Waals surface area contributed by atoms with E-state index in [1.807, 2.05) is 0 Å². The number of nitro groups is 1. The molecule has 1 atom stereocenters. The van der Waals surface area contributed by atoms with Gasteiger partial charge >= 0.3 is 11.7 Å². The number of amides is 1. The van der Waals surface area contributed by atoms with Gasteiger partial charge in [-0.15, -0.1) is 0 Å². The minimum Gasteiger partial charge on any atom is -0.490 e. The molecule has 8 nitrogen and oxygen atoms in total. The van der Waals surface area contributed by atoms with Crippen LogP contribution < -0.4 is 10.1 Å². The van der Waals surface area contributed by atoms with Crippen molar-refractivity contribution in [3.8, 4) is 5.75 Å². The molecular weight excluding hydrogens is 371 g/mol. The number of esters is 1. The highest BCUT2D eigenvalue weighted by Crippen LogP contribution is 2.27. The second kappa shape index (κ2) is 9.45. The second-order valence-corrected chi connectivity index (χ2v) is 5.86. The number of nitrogens with zero attached hydrogens (tertiary/aromatic N) is 1. The van der Waals surface area contributed by atoms with E-state index in [9.17, 15) is 24.1 Å². The van der Waals surface area contributed by atoms with Crippen LogP contribution in [-0.4, -0.2) is 36.6 Å². The van der Waals surface area contributed by atoms with Crippen LogP contribution in [0.3, 0.4) is 0 Å². The first kappa shape index (κ1) is 20.8. The van der Waals surface area contributed by atoms with Crippen LogP contribution in [0.2, 0.25) is 0 Å². The van der Waals surface area contributed by atoms with E-state index in [4.69, 9.17) is 9.47 Å². The van der Waals surface area contributed by atoms with E-state index >= 15 is 0 Å². The van der Waals surface area contributed by atoms with Crippen LogP contribution in [0.1, 0.15) is 22.8 Å². The van der Waals surface area contributed by atoms with Gasteiger partial charge in [-0.3, -0.25) is 14.9 Å². The van der Waals surface area contributed by atoms with Crippen molar-refractivity contribution in [3.63, 3.8) is 0 Å². The number of carbonyl (C=O) groups excluding carboxylic acids is 2. The highest BCUT2D eigenvalue weighted by atomic mass is 19.1. The molecule has 0 heterocycles. The quantitative estimate of drug-likeness (QED) is 0.422. The maximum absolute atomic E-state index is 12.9. The normalized spacial score (nSPS) is 11.4. The average molecular weight is 390 g/mol. The van der Waals surface area contributed by atoms with Crippen molar-refractivity contribution in [1.29, 1.82) is 0 Å². The third kappa shape index (κ3) is 5.50. The Labute approximate surface area is 160 Å². The number of methoxy groups -OCH3 is 1. The third-order valence-electron chi connectivity index (χ3n) is 3.89. The maximum Gasteiger partial charge on any atom is 0.339 e. The summed E-state index contributed by atoms with van der Waals surface area (Å²) in [7, 11) is 1.28. The Morgan fingerprint density at radius 1 is 1.21 bits per heavy atom. The van der Waals surface area contributed by atoms with Gasteiger partial charge in [0.25, 0.3) is 5.91 Å². The number of hydrogen-bond acceptors (Lipinski definition) is 6. The van der Waals surface area contributed by atoms with E-state index in [1.165, 1.54) is 38.3 Å². The summed E-state index contributed by atoms with van der Waals surface area (Å²) in [6.45, 7) is 1.67. The molecule has 0 spiro atoms. The van der Waals surface area contributed by atoms with E-state index in [2.05, 4.69) is 5.32 Å². The molecule has 28 heavy (non-hydrogen) atoms. The largest absolute Gasteiger partial charge is 0.490 e. The van der Waals surface area contributed by atoms with Gasteiger partial charge in [0.15, 0.2) is 11.9 Å². The summed E-state index contributed by atoms with van der Waals surface area (Å²) in [5, 5.41) is 13.6. The Kier molecular flexibility index (Phi) is 7.02. The zero-order chi connectivity index (χ0) is 20.7. The van der Waals surface area contributed by atoms with Crippen molar-refractivity contribution in [2.24, 2.45) is 0 Å². The lowest BCUT2D eigenvalue weighted by Crippen LogP contribution is -2.36. The number of carbonyl (C=O) groups is 2. The number of hydrogen-bond donors (Lipinski definition) is 1. The number of ether oxygens (including phenoxy) is 2. The summed E-state index contributed by atoms with van der Waals surface area (Å²) < 4.78 is 22.8. The van der Waals surface area contributed by atoms with Gasteiger partial charge in [0, 0.05) is 12.6 Å². The highest BCUT2D eigenvalue weighted by molar-refractivity contribution is 5.93. The van der Waals surface area contributed by atoms with Gasteiger partial charge in [-0.2, -0.15) is 0 Å². The smallest absolute Gasteiger partial charge is 0.339 e. The molecule has 0 unspecified atom stereocenters. The summed E-state index contributed by atoms with van der Waals surface area (Å²) in [5.74, 6) is -1.72. The Bertz CT molecular complexity index is 869. The van der Waals surface area contributed by atoms with Crippen molar-refractivity contribution in [2.75, 3.05) is 13.7 Å². The van der Waals surface area contributed by atoms with Gasteiger partial charge < -0.3 is 14.8 Å². The van der Waals surface area contributed by atoms with E-state index in [0.29, 0.717) is 6.42 Å². The topological polar surface area (TPSA) is 108 Å². The van der Waals surface area contributed by atoms with Crippen LogP contribution >= 0.6 is 0 Å². The summed E-state index contributed by atoms with van der Waals surface area (Å²) in [6, 6.07) is 9.50. The van der Waals surface area contributed by atoms with Crippen LogP contribution in [0.5, 0.6) is 5.75 Å². The summed E-state index contributed by atoms with van der Waals surface area (Å²) in [4.78, 5) is 34.6. The van der Waals surface area contributed by atoms with E-state index < -0.39 is 22.9 Å². The Morgan fingerprint density at radius 2 is 1.89 bits per heavy atom. The predicted molar refractivity (Wildman–Crippen MR) is 97.6 cm³/mol. The van der Waals surface area contributed by atoms with Gasteiger partial charge in [-0.25, -0.2) is 9.18 Å². The zero-order valence-electron chi connectivity index (χ0n) is 15.3. The molecule has 0 saturated carbocycles. The highest BCUT2D eigenvalue weighted by Gasteiger charge is 2.22. The van der Waals surface area contributed by atoms with Crippen LogP contribution in [-0.2, 0) is 16.0 Å². The second-order valence-electron chi connectivity index (χ2n) is 5.86. The zero-order valence-corrected chi connectivity index (χ0v) is 15.3. The molecule has 9 heteroatoms. The SMILES string of the molecule is COc1ccc(C(=O)O[C@H](C)C(=O)NCCc2ccc(F)cc2)cc1[N+](=O)[O-]. The Hall–Kier alpha value is -3.49. The molecule has 2 aromatic carbocycles. The van der Waals surface area contributed by atoms with Crippen LogP contribution in [0.15, 0.2) is 42.5 Å². The monoisotopic (exact) mass is 390 g/mol. The fraction of sp³-hybridized carbons (Fsp3) is 0.263. The van der Waals surface area contributed by atoms with Crippen molar-refractivity contribution >= 4 is 17.6 Å². The number of rotatable bonds is 8. The van der Waals surface area contributed by atoms with Gasteiger partial charge in [0.2, 0.25) is 0 Å². The predicted octanol–water partition coefficient (Wildman–Crippen LogP) is 2.65. The molecule has 1 amide bonds. The molecule has 0 aliphatic heterocycles. The minimum absolute atomic E-state index is 0.00753. The molecule has 1 N–H and O–H groups in total. The number of nitro benzene ring substituents is 1. The van der Waals surface area contributed by atoms with Crippen molar-refractivity contribution in [1.82, 2.24) is 5.32 Å². The molecular formula is C19H19FN2O6. The molecule has 148 valence electrons. The minimum atomic E-state index is -1.10. The average Bonchev–Trinajstić information content (AvgIpc) is 2.68. The van der Waals surface area contributed by atoms with Gasteiger partial charge in [-0.05, 0) is 43.2 Å². The molecule has 0 radical (unpaired) electrons. The summed E-state index contributed by atoms with van der Waals surface area (Å²) in [6.07, 6.45) is -0.612. The van der Waals surface area contributed by atoms with E-state index in [-0.39, 0.29) is 29.4 Å². The van der Waals surface area contributed by atoms with E-state index in [0.717, 1.165) is 11.6 Å². The standard InChI is InChI=1S/C19H19FN2O6/c1-12(18(23)21-10-9-13-3-6-15(20)7-4-13)28-19(24)14-5-8-17(27-2)16(11-14)22(25)26/h3-8,11-12H,9-10H2,1-2H3,(H,21,23)/t12-/m1/s1. The first-order valence-corrected chi connectivity index (χ1v) is 8.37. The maximum atomic E-state index is 12.9. The van der Waals surface area contributed by atoms with Crippen molar-refractivity contribution in [3.05, 3.63) is 69.5 Å². The number of benzene rings is 2. The first-order valence-electron chi connectivity index (χ1n) is 8.37. The van der Waals surface area contributed by atoms with Gasteiger partial charge in [0.1, 0.15) is 5.82 Å². The van der Waals surface area contributed by atoms with Crippen molar-refractivity contribution < 1.29 is 28.4 Å². The molecule has 0 aliphatic carbocycles. The fourth-order valence-electron chi connectivity index (χ4n) is 2.37. The first-order chi connectivity index (χ1) is 13.3. The van der Waals surface area contributed by atoms with Gasteiger partial charge in [-0.1, -0.05) is 12.1 Å². The third-order valence-corrected chi connectivity index (χ3v) is 3.89. The molecule has 0 saturated heterocycles. The lowest BCUT2D eigenvalue weighted by molar-refractivity contribution is -0.385. The number of halogens is 1. The van der Waals surface area contributed by atoms with E-state index in [1.54, 1.807) is 12.1 Å². The number of nitrogens with one attached hydrogen (secondary N) is 1. The Balaban J connectivity index is 1.90. The lowest BCUT2D eigenvalue weighted by Gasteiger charge is -2.14. The van der Waals surface area contributed by atoms with Crippen LogP contribution in [0.25, 0.3) is 0 Å². The lowest BCUT2D eigenvalue weighted by atomic mass is 10.1. The molecule has 0 aromatic heterocycles. The van der Waals surface area contributed by atoms with Gasteiger partial charge in [0.05, 0.1) is 17.6 Å². The summed E-state index contributed by atoms with van der Waals surface area (Å²) >= 11 is 0. The van der Waals surface area contributed by atoms with Crippen molar-refractivity contribution in [2.45, 2.75) is 19.4 Å². The Morgan fingerprint density at radius 3 is 2.50 bits per heavy atom. The molecule has 2 rings (SSSR count). The molecule has 0 bridgehead atoms.